The molecule has 0 N–H and O–H groups in total. The molecule has 162 valence electrons. The van der Waals surface area contributed by atoms with E-state index in [9.17, 15) is 14.4 Å². The highest BCUT2D eigenvalue weighted by Crippen LogP contribution is 2.29. The summed E-state index contributed by atoms with van der Waals surface area (Å²) in [6.45, 7) is 2.45. The second kappa shape index (κ2) is 8.92. The van der Waals surface area contributed by atoms with Crippen molar-refractivity contribution in [1.82, 2.24) is 9.80 Å². The summed E-state index contributed by atoms with van der Waals surface area (Å²) in [5, 5.41) is 0. The molecule has 1 saturated carbocycles. The maximum atomic E-state index is 13.3. The molecule has 1 fully saturated rings. The van der Waals surface area contributed by atoms with Gasteiger partial charge < -0.3 is 9.64 Å². The van der Waals surface area contributed by atoms with Crippen LogP contribution in [0.1, 0.15) is 75.7 Å². The summed E-state index contributed by atoms with van der Waals surface area (Å²) in [6.07, 6.45) is 5.53. The fourth-order valence-corrected chi connectivity index (χ4v) is 4.51. The lowest BCUT2D eigenvalue weighted by molar-refractivity contribution is 0.0641. The van der Waals surface area contributed by atoms with Crippen LogP contribution in [0.15, 0.2) is 42.5 Å². The molecule has 1 heterocycles. The van der Waals surface area contributed by atoms with E-state index in [1.54, 1.807) is 36.4 Å². The fraction of sp³-hybridized carbons (Fsp3) is 0.400. The van der Waals surface area contributed by atoms with Gasteiger partial charge in [-0.05, 0) is 49.6 Å². The lowest BCUT2D eigenvalue weighted by Gasteiger charge is -2.31. The lowest BCUT2D eigenvalue weighted by atomic mass is 9.94. The van der Waals surface area contributed by atoms with E-state index in [-0.39, 0.29) is 30.3 Å². The normalized spacial score (nSPS) is 16.4. The van der Waals surface area contributed by atoms with Gasteiger partial charge in [0.1, 0.15) is 5.75 Å². The van der Waals surface area contributed by atoms with Gasteiger partial charge in [0.2, 0.25) is 0 Å². The SMILES string of the molecule is CCOc1ccc(CN2C(=O)c3ccccc3C2=O)cc1C(=O)N(C)C1CCCCC1. The van der Waals surface area contributed by atoms with Crippen LogP contribution in [-0.2, 0) is 6.54 Å². The minimum Gasteiger partial charge on any atom is -0.493 e. The number of imide groups is 1. The first kappa shape index (κ1) is 21.1. The van der Waals surface area contributed by atoms with Crippen molar-refractivity contribution in [3.05, 3.63) is 64.7 Å². The molecular weight excluding hydrogens is 392 g/mol. The molecule has 0 aromatic heterocycles. The lowest BCUT2D eigenvalue weighted by Crippen LogP contribution is -2.38. The number of carbonyl (C=O) groups excluding carboxylic acids is 3. The Labute approximate surface area is 182 Å². The number of fused-ring (bicyclic) bond motifs is 1. The molecular formula is C25H28N2O4. The van der Waals surface area contributed by atoms with Gasteiger partial charge >= 0.3 is 0 Å². The van der Waals surface area contributed by atoms with E-state index in [1.807, 2.05) is 24.9 Å². The van der Waals surface area contributed by atoms with E-state index in [1.165, 1.54) is 11.3 Å². The van der Waals surface area contributed by atoms with Crippen molar-refractivity contribution in [2.45, 2.75) is 51.6 Å². The zero-order chi connectivity index (χ0) is 22.0. The molecule has 0 unspecified atom stereocenters. The Kier molecular flexibility index (Phi) is 6.07. The zero-order valence-corrected chi connectivity index (χ0v) is 18.1. The van der Waals surface area contributed by atoms with Gasteiger partial charge in [-0.2, -0.15) is 0 Å². The summed E-state index contributed by atoms with van der Waals surface area (Å²) in [6, 6.07) is 12.4. The summed E-state index contributed by atoms with van der Waals surface area (Å²) in [4.78, 5) is 41.8. The zero-order valence-electron chi connectivity index (χ0n) is 18.1. The maximum Gasteiger partial charge on any atom is 0.261 e. The van der Waals surface area contributed by atoms with Crippen LogP contribution in [0.2, 0.25) is 0 Å². The van der Waals surface area contributed by atoms with Gasteiger partial charge in [0.25, 0.3) is 17.7 Å². The Balaban J connectivity index is 1.59. The van der Waals surface area contributed by atoms with Gasteiger partial charge in [0.05, 0.1) is 29.8 Å². The van der Waals surface area contributed by atoms with Gasteiger partial charge in [0, 0.05) is 13.1 Å². The van der Waals surface area contributed by atoms with Crippen molar-refractivity contribution < 1.29 is 19.1 Å². The summed E-state index contributed by atoms with van der Waals surface area (Å²) in [5.74, 6) is -0.163. The molecule has 6 nitrogen and oxygen atoms in total. The van der Waals surface area contributed by atoms with Crippen LogP contribution < -0.4 is 4.74 Å². The Morgan fingerprint density at radius 2 is 1.68 bits per heavy atom. The molecule has 0 radical (unpaired) electrons. The third-order valence-electron chi connectivity index (χ3n) is 6.24. The Bertz CT molecular complexity index is 975. The van der Waals surface area contributed by atoms with Crippen molar-refractivity contribution in [2.24, 2.45) is 0 Å². The van der Waals surface area contributed by atoms with Crippen LogP contribution in [0, 0.1) is 0 Å². The van der Waals surface area contributed by atoms with Gasteiger partial charge in [-0.3, -0.25) is 19.3 Å². The van der Waals surface area contributed by atoms with Crippen LogP contribution in [0.4, 0.5) is 0 Å². The van der Waals surface area contributed by atoms with E-state index >= 15 is 0 Å². The molecule has 0 spiro atoms. The molecule has 1 aliphatic heterocycles. The third kappa shape index (κ3) is 4.07. The van der Waals surface area contributed by atoms with Crippen molar-refractivity contribution in [3.63, 3.8) is 0 Å². The molecule has 0 saturated heterocycles. The monoisotopic (exact) mass is 420 g/mol. The Morgan fingerprint density at radius 3 is 2.29 bits per heavy atom. The summed E-state index contributed by atoms with van der Waals surface area (Å²) >= 11 is 0. The number of carbonyl (C=O) groups is 3. The van der Waals surface area contributed by atoms with Crippen LogP contribution in [0.5, 0.6) is 5.75 Å². The van der Waals surface area contributed by atoms with Gasteiger partial charge in [-0.1, -0.05) is 37.5 Å². The molecule has 31 heavy (non-hydrogen) atoms. The van der Waals surface area contributed by atoms with Crippen LogP contribution in [0.3, 0.4) is 0 Å². The first-order chi connectivity index (χ1) is 15.0. The molecule has 0 bridgehead atoms. The highest BCUT2D eigenvalue weighted by molar-refractivity contribution is 6.21. The van der Waals surface area contributed by atoms with Crippen molar-refractivity contribution in [3.8, 4) is 5.75 Å². The fourth-order valence-electron chi connectivity index (χ4n) is 4.51. The standard InChI is InChI=1S/C25H28N2O4/c1-3-31-22-14-13-17(15-21(22)23(28)26(2)18-9-5-4-6-10-18)16-27-24(29)19-11-7-8-12-20(19)25(27)30/h7-8,11-15,18H,3-6,9-10,16H2,1-2H3. The first-order valence-electron chi connectivity index (χ1n) is 11.0. The molecule has 2 aromatic rings. The topological polar surface area (TPSA) is 66.9 Å². The van der Waals surface area contributed by atoms with Crippen molar-refractivity contribution in [1.29, 1.82) is 0 Å². The Hall–Kier alpha value is -3.15. The van der Waals surface area contributed by atoms with Crippen molar-refractivity contribution in [2.75, 3.05) is 13.7 Å². The molecule has 0 atom stereocenters. The smallest absolute Gasteiger partial charge is 0.261 e. The van der Waals surface area contributed by atoms with E-state index in [4.69, 9.17) is 4.74 Å². The molecule has 6 heteroatoms. The molecule has 1 aliphatic carbocycles. The van der Waals surface area contributed by atoms with Crippen LogP contribution in [0.25, 0.3) is 0 Å². The van der Waals surface area contributed by atoms with Crippen LogP contribution in [-0.4, -0.2) is 47.2 Å². The minimum atomic E-state index is -0.304. The van der Waals surface area contributed by atoms with Crippen molar-refractivity contribution >= 4 is 17.7 Å². The quantitative estimate of drug-likeness (QED) is 0.654. The van der Waals surface area contributed by atoms with E-state index in [0.29, 0.717) is 29.0 Å². The highest BCUT2D eigenvalue weighted by Gasteiger charge is 2.35. The summed E-state index contributed by atoms with van der Waals surface area (Å²) in [7, 11) is 1.85. The van der Waals surface area contributed by atoms with Gasteiger partial charge in [0.15, 0.2) is 0 Å². The second-order valence-corrected chi connectivity index (χ2v) is 8.21. The number of benzene rings is 2. The minimum absolute atomic E-state index is 0.0837. The van der Waals surface area contributed by atoms with E-state index in [0.717, 1.165) is 31.2 Å². The second-order valence-electron chi connectivity index (χ2n) is 8.21. The number of hydrogen-bond acceptors (Lipinski definition) is 4. The first-order valence-corrected chi connectivity index (χ1v) is 11.0. The molecule has 2 aliphatic rings. The Morgan fingerprint density at radius 1 is 1.03 bits per heavy atom. The van der Waals surface area contributed by atoms with Crippen LogP contribution >= 0.6 is 0 Å². The summed E-state index contributed by atoms with van der Waals surface area (Å²) in [5.41, 5.74) is 2.04. The number of ether oxygens (including phenoxy) is 1. The predicted octanol–water partition coefficient (Wildman–Crippen LogP) is 4.29. The average molecular weight is 421 g/mol. The van der Waals surface area contributed by atoms with Gasteiger partial charge in [-0.15, -0.1) is 0 Å². The predicted molar refractivity (Wildman–Crippen MR) is 117 cm³/mol. The molecule has 3 amide bonds. The highest BCUT2D eigenvalue weighted by atomic mass is 16.5. The third-order valence-corrected chi connectivity index (χ3v) is 6.24. The molecule has 2 aromatic carbocycles. The summed E-state index contributed by atoms with van der Waals surface area (Å²) < 4.78 is 5.72. The molecule has 4 rings (SSSR count). The number of nitrogens with zero attached hydrogens (tertiary/aromatic N) is 2. The maximum absolute atomic E-state index is 13.3. The van der Waals surface area contributed by atoms with E-state index in [2.05, 4.69) is 0 Å². The largest absolute Gasteiger partial charge is 0.493 e. The number of amides is 3. The van der Waals surface area contributed by atoms with E-state index < -0.39 is 0 Å². The number of rotatable bonds is 6. The number of hydrogen-bond donors (Lipinski definition) is 0. The van der Waals surface area contributed by atoms with Gasteiger partial charge in [-0.25, -0.2) is 0 Å². The average Bonchev–Trinajstić information content (AvgIpc) is 3.05.